The smallest absolute Gasteiger partial charge is 0.272 e. The van der Waals surface area contributed by atoms with E-state index >= 15 is 0 Å². The highest BCUT2D eigenvalue weighted by Gasteiger charge is 2.14. The van der Waals surface area contributed by atoms with Crippen LogP contribution in [0.2, 0.25) is 0 Å². The lowest BCUT2D eigenvalue weighted by molar-refractivity contribution is 0.0942. The summed E-state index contributed by atoms with van der Waals surface area (Å²) in [5, 5.41) is 9.03. The highest BCUT2D eigenvalue weighted by Crippen LogP contribution is 2.24. The monoisotopic (exact) mass is 287 g/mol. The van der Waals surface area contributed by atoms with E-state index in [4.69, 9.17) is 4.42 Å². The SMILES string of the molecule is Cn1nc(C(=O)NCc2ccco2)cc1-c1cccs1. The molecular weight excluding hydrogens is 274 g/mol. The Kier molecular flexibility index (Phi) is 3.39. The molecule has 0 fully saturated rings. The fourth-order valence-electron chi connectivity index (χ4n) is 1.90. The predicted octanol–water partition coefficient (Wildman–Crippen LogP) is 2.67. The van der Waals surface area contributed by atoms with Gasteiger partial charge in [0.15, 0.2) is 5.69 Å². The van der Waals surface area contributed by atoms with E-state index in [9.17, 15) is 4.79 Å². The van der Waals surface area contributed by atoms with Gasteiger partial charge in [0.25, 0.3) is 5.91 Å². The van der Waals surface area contributed by atoms with Gasteiger partial charge in [-0.15, -0.1) is 11.3 Å². The molecule has 6 heteroatoms. The Morgan fingerprint density at radius 3 is 3.05 bits per heavy atom. The summed E-state index contributed by atoms with van der Waals surface area (Å²) >= 11 is 1.62. The zero-order chi connectivity index (χ0) is 13.9. The van der Waals surface area contributed by atoms with E-state index in [0.29, 0.717) is 18.0 Å². The number of nitrogens with zero attached hydrogens (tertiary/aromatic N) is 2. The van der Waals surface area contributed by atoms with Crippen LogP contribution in [0.3, 0.4) is 0 Å². The third-order valence-electron chi connectivity index (χ3n) is 2.89. The molecule has 0 spiro atoms. The summed E-state index contributed by atoms with van der Waals surface area (Å²) in [7, 11) is 1.83. The molecule has 0 aliphatic rings. The molecule has 0 unspecified atom stereocenters. The molecule has 0 aliphatic heterocycles. The summed E-state index contributed by atoms with van der Waals surface area (Å²) < 4.78 is 6.88. The van der Waals surface area contributed by atoms with Crippen LogP contribution < -0.4 is 5.32 Å². The van der Waals surface area contributed by atoms with Gasteiger partial charge in [0, 0.05) is 7.05 Å². The number of rotatable bonds is 4. The second-order valence-electron chi connectivity index (χ2n) is 4.28. The summed E-state index contributed by atoms with van der Waals surface area (Å²) in [6.07, 6.45) is 1.58. The number of hydrogen-bond acceptors (Lipinski definition) is 4. The van der Waals surface area contributed by atoms with E-state index in [2.05, 4.69) is 10.4 Å². The molecule has 0 saturated heterocycles. The standard InChI is InChI=1S/C14H13N3O2S/c1-17-12(13-5-3-7-20-13)8-11(16-17)14(18)15-9-10-4-2-6-19-10/h2-8H,9H2,1H3,(H,15,18). The molecule has 3 rings (SSSR count). The normalized spacial score (nSPS) is 10.7. The van der Waals surface area contributed by atoms with Crippen LogP contribution in [0.15, 0.2) is 46.4 Å². The lowest BCUT2D eigenvalue weighted by Gasteiger charge is -1.99. The van der Waals surface area contributed by atoms with Crippen molar-refractivity contribution in [2.45, 2.75) is 6.54 Å². The third kappa shape index (κ3) is 2.50. The second-order valence-corrected chi connectivity index (χ2v) is 5.23. The van der Waals surface area contributed by atoms with Gasteiger partial charge in [-0.2, -0.15) is 5.10 Å². The number of furan rings is 1. The van der Waals surface area contributed by atoms with E-state index < -0.39 is 0 Å². The van der Waals surface area contributed by atoms with Gasteiger partial charge in [0.1, 0.15) is 5.76 Å². The van der Waals surface area contributed by atoms with Crippen molar-refractivity contribution in [2.24, 2.45) is 7.05 Å². The van der Waals surface area contributed by atoms with Gasteiger partial charge >= 0.3 is 0 Å². The molecule has 1 amide bonds. The Morgan fingerprint density at radius 2 is 2.35 bits per heavy atom. The summed E-state index contributed by atoms with van der Waals surface area (Å²) in [4.78, 5) is 13.1. The molecule has 20 heavy (non-hydrogen) atoms. The summed E-state index contributed by atoms with van der Waals surface area (Å²) in [5.74, 6) is 0.507. The van der Waals surface area contributed by atoms with E-state index in [-0.39, 0.29) is 5.91 Å². The molecule has 0 radical (unpaired) electrons. The van der Waals surface area contributed by atoms with Crippen molar-refractivity contribution < 1.29 is 9.21 Å². The van der Waals surface area contributed by atoms with Crippen molar-refractivity contribution in [1.82, 2.24) is 15.1 Å². The van der Waals surface area contributed by atoms with Crippen LogP contribution in [0.4, 0.5) is 0 Å². The van der Waals surface area contributed by atoms with Crippen molar-refractivity contribution in [3.63, 3.8) is 0 Å². The van der Waals surface area contributed by atoms with Crippen molar-refractivity contribution in [3.8, 4) is 10.6 Å². The largest absolute Gasteiger partial charge is 0.467 e. The fraction of sp³-hybridized carbons (Fsp3) is 0.143. The van der Waals surface area contributed by atoms with Gasteiger partial charge in [-0.05, 0) is 29.6 Å². The first kappa shape index (κ1) is 12.7. The first-order valence-electron chi connectivity index (χ1n) is 6.12. The molecule has 1 N–H and O–H groups in total. The Balaban J connectivity index is 1.74. The van der Waals surface area contributed by atoms with Crippen LogP contribution in [0, 0.1) is 0 Å². The van der Waals surface area contributed by atoms with Gasteiger partial charge in [-0.3, -0.25) is 9.48 Å². The first-order chi connectivity index (χ1) is 9.74. The van der Waals surface area contributed by atoms with Crippen molar-refractivity contribution in [3.05, 3.63) is 53.4 Å². The molecule has 3 heterocycles. The number of aryl methyl sites for hydroxylation is 1. The van der Waals surface area contributed by atoms with Crippen molar-refractivity contribution in [1.29, 1.82) is 0 Å². The minimum absolute atomic E-state index is 0.209. The molecule has 0 aromatic carbocycles. The minimum Gasteiger partial charge on any atom is -0.467 e. The van der Waals surface area contributed by atoms with Crippen LogP contribution in [0.25, 0.3) is 10.6 Å². The summed E-state index contributed by atoms with van der Waals surface area (Å²) in [6.45, 7) is 0.358. The summed E-state index contributed by atoms with van der Waals surface area (Å²) in [6, 6.07) is 9.38. The van der Waals surface area contributed by atoms with E-state index in [0.717, 1.165) is 10.6 Å². The zero-order valence-corrected chi connectivity index (χ0v) is 11.7. The molecule has 5 nitrogen and oxygen atoms in total. The second kappa shape index (κ2) is 5.34. The molecule has 0 aliphatic carbocycles. The van der Waals surface area contributed by atoms with Gasteiger partial charge in [-0.25, -0.2) is 0 Å². The number of amides is 1. The van der Waals surface area contributed by atoms with Crippen LogP contribution >= 0.6 is 11.3 Å². The molecule has 3 aromatic rings. The van der Waals surface area contributed by atoms with Crippen LogP contribution in [-0.2, 0) is 13.6 Å². The number of aromatic nitrogens is 2. The van der Waals surface area contributed by atoms with Gasteiger partial charge in [0.2, 0.25) is 0 Å². The molecule has 102 valence electrons. The Hall–Kier alpha value is -2.34. The lowest BCUT2D eigenvalue weighted by Crippen LogP contribution is -2.23. The molecular formula is C14H13N3O2S. The van der Waals surface area contributed by atoms with E-state index in [1.807, 2.05) is 30.6 Å². The average Bonchev–Trinajstić information content (AvgIpc) is 3.17. The number of hydrogen-bond donors (Lipinski definition) is 1. The molecule has 0 atom stereocenters. The van der Waals surface area contributed by atoms with Gasteiger partial charge < -0.3 is 9.73 Å². The van der Waals surface area contributed by atoms with E-state index in [1.165, 1.54) is 0 Å². The fourth-order valence-corrected chi connectivity index (χ4v) is 2.68. The quantitative estimate of drug-likeness (QED) is 0.802. The van der Waals surface area contributed by atoms with Gasteiger partial charge in [0.05, 0.1) is 23.4 Å². The third-order valence-corrected chi connectivity index (χ3v) is 3.78. The summed E-state index contributed by atoms with van der Waals surface area (Å²) in [5.41, 5.74) is 1.34. The van der Waals surface area contributed by atoms with E-state index in [1.54, 1.807) is 34.4 Å². The Labute approximate surface area is 119 Å². The number of thiophene rings is 1. The average molecular weight is 287 g/mol. The topological polar surface area (TPSA) is 60.1 Å². The maximum atomic E-state index is 12.0. The molecule has 0 saturated carbocycles. The minimum atomic E-state index is -0.209. The van der Waals surface area contributed by atoms with Crippen molar-refractivity contribution >= 4 is 17.2 Å². The Morgan fingerprint density at radius 1 is 1.45 bits per heavy atom. The highest BCUT2D eigenvalue weighted by molar-refractivity contribution is 7.13. The van der Waals surface area contributed by atoms with Crippen LogP contribution in [0.1, 0.15) is 16.2 Å². The Bertz CT molecular complexity index is 699. The molecule has 0 bridgehead atoms. The van der Waals surface area contributed by atoms with Crippen LogP contribution in [0.5, 0.6) is 0 Å². The number of carbonyl (C=O) groups is 1. The zero-order valence-electron chi connectivity index (χ0n) is 10.9. The van der Waals surface area contributed by atoms with Crippen LogP contribution in [-0.4, -0.2) is 15.7 Å². The van der Waals surface area contributed by atoms with Crippen molar-refractivity contribution in [2.75, 3.05) is 0 Å². The lowest BCUT2D eigenvalue weighted by atomic mass is 10.3. The number of carbonyl (C=O) groups excluding carboxylic acids is 1. The highest BCUT2D eigenvalue weighted by atomic mass is 32.1. The first-order valence-corrected chi connectivity index (χ1v) is 7.00. The number of nitrogens with one attached hydrogen (secondary N) is 1. The predicted molar refractivity (Wildman–Crippen MR) is 76.4 cm³/mol. The maximum Gasteiger partial charge on any atom is 0.272 e. The maximum absolute atomic E-state index is 12.0. The molecule has 3 aromatic heterocycles. The van der Waals surface area contributed by atoms with Gasteiger partial charge in [-0.1, -0.05) is 6.07 Å².